The molecule has 0 aromatic carbocycles. The van der Waals surface area contributed by atoms with Gasteiger partial charge in [0.1, 0.15) is 13.2 Å². The molecule has 0 heterocycles. The van der Waals surface area contributed by atoms with Gasteiger partial charge < -0.3 is 14.2 Å². The molecule has 0 saturated carbocycles. The molecule has 0 bridgehead atoms. The van der Waals surface area contributed by atoms with E-state index in [1.165, 1.54) is 205 Å². The SMILES string of the molecule is CC/C=C\C/C=C\C/C=C\C/C=C\C/C=C\C/C=C\CCCCC(=O)OC(COC(=O)CCCCCCCCCCC/C=C\CCCCCCCC)COC(=O)CCCCCCCCCCCCC/C=C\CCCCCCCCCC. The van der Waals surface area contributed by atoms with Crippen LogP contribution in [0.4, 0.5) is 0 Å². The van der Waals surface area contributed by atoms with E-state index in [1.54, 1.807) is 0 Å². The van der Waals surface area contributed by atoms with E-state index in [9.17, 15) is 14.4 Å². The highest BCUT2D eigenvalue weighted by Crippen LogP contribution is 2.17. The summed E-state index contributed by atoms with van der Waals surface area (Å²) in [5.41, 5.74) is 0. The molecule has 1 atom stereocenters. The molecule has 0 aliphatic rings. The Bertz CT molecular complexity index is 1580. The predicted molar refractivity (Wildman–Crippen MR) is 353 cm³/mol. The lowest BCUT2D eigenvalue weighted by atomic mass is 10.0. The van der Waals surface area contributed by atoms with Gasteiger partial charge >= 0.3 is 17.9 Å². The topological polar surface area (TPSA) is 78.9 Å². The van der Waals surface area contributed by atoms with E-state index in [2.05, 4.69) is 118 Å². The number of hydrogen-bond acceptors (Lipinski definition) is 6. The van der Waals surface area contributed by atoms with Crippen molar-refractivity contribution in [2.75, 3.05) is 13.2 Å². The Hall–Kier alpha value is -3.67. The van der Waals surface area contributed by atoms with Crippen LogP contribution in [0.2, 0.25) is 0 Å². The van der Waals surface area contributed by atoms with Gasteiger partial charge in [0.15, 0.2) is 6.10 Å². The van der Waals surface area contributed by atoms with Gasteiger partial charge in [-0.25, -0.2) is 0 Å². The first kappa shape index (κ1) is 77.3. The van der Waals surface area contributed by atoms with Crippen LogP contribution in [-0.4, -0.2) is 37.2 Å². The van der Waals surface area contributed by atoms with Gasteiger partial charge in [0.25, 0.3) is 0 Å². The standard InChI is InChI=1S/C75H130O6/c1-4-7-10-13-16-19-22-25-28-31-34-36-37-39-41-44-47-50-53-56-59-62-65-68-74(77)80-71-72(70-79-73(76)67-64-61-58-55-52-49-46-43-40-33-30-27-24-21-18-15-12-9-6-3)81-75(78)69-66-63-60-57-54-51-48-45-42-38-35-32-29-26-23-20-17-14-11-8-5-2/h8,11,17,20,26-27,29-31,34-35,38,45,48,54,57,72H,4-7,9-10,12-16,18-19,21-25,28,32-33,36-37,39-44,46-47,49-53,55-56,58-71H2,1-3H3/b11-8-,20-17-,29-26-,30-27-,34-31-,38-35-,48-45-,57-54-. The summed E-state index contributed by atoms with van der Waals surface area (Å²) < 4.78 is 17.0. The monoisotopic (exact) mass is 1130 g/mol. The zero-order valence-electron chi connectivity index (χ0n) is 53.5. The summed E-state index contributed by atoms with van der Waals surface area (Å²) >= 11 is 0. The Balaban J connectivity index is 4.43. The largest absolute Gasteiger partial charge is 0.462 e. The number of unbranched alkanes of at least 4 members (excludes halogenated alkanes) is 36. The van der Waals surface area contributed by atoms with E-state index in [0.29, 0.717) is 19.3 Å². The quantitative estimate of drug-likeness (QED) is 0.0261. The maximum atomic E-state index is 12.9. The van der Waals surface area contributed by atoms with Gasteiger partial charge in [-0.3, -0.25) is 14.4 Å². The summed E-state index contributed by atoms with van der Waals surface area (Å²) in [4.78, 5) is 38.5. The highest BCUT2D eigenvalue weighted by molar-refractivity contribution is 5.71. The first-order chi connectivity index (χ1) is 40.0. The van der Waals surface area contributed by atoms with E-state index in [0.717, 1.165) is 89.9 Å². The lowest BCUT2D eigenvalue weighted by Gasteiger charge is -2.18. The molecular weight excluding hydrogens is 997 g/mol. The second-order valence-electron chi connectivity index (χ2n) is 23.1. The van der Waals surface area contributed by atoms with Crippen molar-refractivity contribution in [2.24, 2.45) is 0 Å². The van der Waals surface area contributed by atoms with Crippen LogP contribution in [0.15, 0.2) is 97.2 Å². The molecule has 0 amide bonds. The molecule has 6 nitrogen and oxygen atoms in total. The number of allylic oxidation sites excluding steroid dienone is 16. The molecule has 81 heavy (non-hydrogen) atoms. The highest BCUT2D eigenvalue weighted by atomic mass is 16.6. The fraction of sp³-hybridized carbons (Fsp3) is 0.747. The molecule has 0 rings (SSSR count). The van der Waals surface area contributed by atoms with Crippen LogP contribution in [0.25, 0.3) is 0 Å². The number of hydrogen-bond donors (Lipinski definition) is 0. The highest BCUT2D eigenvalue weighted by Gasteiger charge is 2.19. The fourth-order valence-corrected chi connectivity index (χ4v) is 9.85. The van der Waals surface area contributed by atoms with Gasteiger partial charge in [0.05, 0.1) is 0 Å². The van der Waals surface area contributed by atoms with Crippen LogP contribution < -0.4 is 0 Å². The van der Waals surface area contributed by atoms with E-state index < -0.39 is 6.10 Å². The fourth-order valence-electron chi connectivity index (χ4n) is 9.85. The summed E-state index contributed by atoms with van der Waals surface area (Å²) in [6, 6.07) is 0. The Morgan fingerprint density at radius 3 is 0.790 bits per heavy atom. The summed E-state index contributed by atoms with van der Waals surface area (Å²) in [5.74, 6) is -0.927. The third-order valence-electron chi connectivity index (χ3n) is 15.0. The molecule has 0 radical (unpaired) electrons. The number of ether oxygens (including phenoxy) is 3. The number of esters is 3. The van der Waals surface area contributed by atoms with E-state index in [1.807, 2.05) is 0 Å². The van der Waals surface area contributed by atoms with Crippen LogP contribution in [0.1, 0.15) is 342 Å². The summed E-state index contributed by atoms with van der Waals surface area (Å²) in [5, 5.41) is 0. The second kappa shape index (κ2) is 68.8. The average molecular weight is 1130 g/mol. The number of carbonyl (C=O) groups is 3. The molecule has 0 saturated heterocycles. The minimum absolute atomic E-state index is 0.0948. The van der Waals surface area contributed by atoms with Gasteiger partial charge in [-0.2, -0.15) is 0 Å². The van der Waals surface area contributed by atoms with E-state index in [4.69, 9.17) is 14.2 Å². The molecule has 1 unspecified atom stereocenters. The Morgan fingerprint density at radius 1 is 0.259 bits per heavy atom. The van der Waals surface area contributed by atoms with E-state index in [-0.39, 0.29) is 37.5 Å². The first-order valence-electron chi connectivity index (χ1n) is 34.7. The molecule has 0 fully saturated rings. The number of carbonyl (C=O) groups excluding carboxylic acids is 3. The third kappa shape index (κ3) is 67.0. The third-order valence-corrected chi connectivity index (χ3v) is 15.0. The van der Waals surface area contributed by atoms with Crippen molar-refractivity contribution in [2.45, 2.75) is 348 Å². The van der Waals surface area contributed by atoms with Crippen molar-refractivity contribution in [3.63, 3.8) is 0 Å². The van der Waals surface area contributed by atoms with Crippen molar-refractivity contribution >= 4 is 17.9 Å². The van der Waals surface area contributed by atoms with Crippen LogP contribution in [-0.2, 0) is 28.6 Å². The van der Waals surface area contributed by atoms with Crippen molar-refractivity contribution in [1.29, 1.82) is 0 Å². The molecule has 466 valence electrons. The smallest absolute Gasteiger partial charge is 0.306 e. The van der Waals surface area contributed by atoms with Crippen molar-refractivity contribution < 1.29 is 28.6 Å². The minimum atomic E-state index is -0.805. The molecular formula is C75H130O6. The second-order valence-corrected chi connectivity index (χ2v) is 23.1. The van der Waals surface area contributed by atoms with Gasteiger partial charge in [0, 0.05) is 19.3 Å². The number of rotatable bonds is 63. The van der Waals surface area contributed by atoms with Crippen LogP contribution >= 0.6 is 0 Å². The van der Waals surface area contributed by atoms with E-state index >= 15 is 0 Å². The van der Waals surface area contributed by atoms with Crippen LogP contribution in [0.5, 0.6) is 0 Å². The molecule has 0 aromatic heterocycles. The summed E-state index contributed by atoms with van der Waals surface area (Å²) in [6.07, 6.45) is 92.8. The van der Waals surface area contributed by atoms with Crippen molar-refractivity contribution in [3.8, 4) is 0 Å². The normalized spacial score (nSPS) is 12.7. The van der Waals surface area contributed by atoms with Crippen LogP contribution in [0, 0.1) is 0 Å². The van der Waals surface area contributed by atoms with Crippen LogP contribution in [0.3, 0.4) is 0 Å². The Kier molecular flexibility index (Phi) is 65.7. The molecule has 0 aliphatic carbocycles. The van der Waals surface area contributed by atoms with Crippen molar-refractivity contribution in [3.05, 3.63) is 97.2 Å². The Morgan fingerprint density at radius 2 is 0.481 bits per heavy atom. The summed E-state index contributed by atoms with van der Waals surface area (Å²) in [7, 11) is 0. The molecule has 6 heteroatoms. The van der Waals surface area contributed by atoms with Gasteiger partial charge in [-0.15, -0.1) is 0 Å². The lowest BCUT2D eigenvalue weighted by molar-refractivity contribution is -0.167. The molecule has 0 aromatic rings. The molecule has 0 spiro atoms. The molecule has 0 aliphatic heterocycles. The zero-order chi connectivity index (χ0) is 58.5. The maximum absolute atomic E-state index is 12.9. The maximum Gasteiger partial charge on any atom is 0.306 e. The lowest BCUT2D eigenvalue weighted by Crippen LogP contribution is -2.30. The minimum Gasteiger partial charge on any atom is -0.462 e. The van der Waals surface area contributed by atoms with Gasteiger partial charge in [-0.05, 0) is 122 Å². The average Bonchev–Trinajstić information content (AvgIpc) is 3.47. The predicted octanol–water partition coefficient (Wildman–Crippen LogP) is 24.0. The zero-order valence-corrected chi connectivity index (χ0v) is 53.5. The van der Waals surface area contributed by atoms with Gasteiger partial charge in [-0.1, -0.05) is 298 Å². The summed E-state index contributed by atoms with van der Waals surface area (Å²) in [6.45, 7) is 6.53. The van der Waals surface area contributed by atoms with Crippen molar-refractivity contribution in [1.82, 2.24) is 0 Å². The van der Waals surface area contributed by atoms with Gasteiger partial charge in [0.2, 0.25) is 0 Å². The molecule has 0 N–H and O–H groups in total. The Labute approximate surface area is 502 Å². The first-order valence-corrected chi connectivity index (χ1v) is 34.7.